The number of nitroso groups, excluding NO2 is 1. The molecule has 1 aliphatic rings. The molecule has 1 aromatic carbocycles. The van der Waals surface area contributed by atoms with E-state index in [2.05, 4.69) is 10.1 Å². The minimum atomic E-state index is 0.425. The molecule has 14 heavy (non-hydrogen) atoms. The molecule has 0 fully saturated rings. The molecule has 0 aromatic heterocycles. The van der Waals surface area contributed by atoms with Crippen LogP contribution in [-0.2, 0) is 13.0 Å². The number of rotatable bonds is 1. The third-order valence-electron chi connectivity index (χ3n) is 2.69. The van der Waals surface area contributed by atoms with Crippen molar-refractivity contribution in [1.29, 1.82) is 0 Å². The fourth-order valence-electron chi connectivity index (χ4n) is 1.87. The number of anilines is 1. The molecule has 0 amide bonds. The fourth-order valence-corrected chi connectivity index (χ4v) is 1.87. The van der Waals surface area contributed by atoms with E-state index >= 15 is 0 Å². The topological polar surface area (TPSA) is 58.7 Å². The normalized spacial score (nSPS) is 16.4. The van der Waals surface area contributed by atoms with Crippen LogP contribution in [0.25, 0.3) is 0 Å². The van der Waals surface area contributed by atoms with Gasteiger partial charge in [-0.2, -0.15) is 0 Å². The third-order valence-corrected chi connectivity index (χ3v) is 2.69. The average molecular weight is 191 g/mol. The van der Waals surface area contributed by atoms with Crippen LogP contribution in [0, 0.1) is 4.91 Å². The molecule has 1 heterocycles. The number of hydrogen-bond donors (Lipinski definition) is 1. The number of benzene rings is 1. The number of nitrogens with zero attached hydrogens (tertiary/aromatic N) is 2. The van der Waals surface area contributed by atoms with Gasteiger partial charge in [-0.3, -0.25) is 0 Å². The van der Waals surface area contributed by atoms with Gasteiger partial charge in [0, 0.05) is 18.7 Å². The molecule has 2 rings (SSSR count). The van der Waals surface area contributed by atoms with Gasteiger partial charge >= 0.3 is 0 Å². The van der Waals surface area contributed by atoms with E-state index in [0.29, 0.717) is 11.4 Å². The molecule has 4 nitrogen and oxygen atoms in total. The highest BCUT2D eigenvalue weighted by Gasteiger charge is 2.18. The minimum absolute atomic E-state index is 0.425. The number of nitrogens with two attached hydrogens (primary N) is 1. The highest BCUT2D eigenvalue weighted by Crippen LogP contribution is 2.32. The molecule has 0 radical (unpaired) electrons. The maximum absolute atomic E-state index is 10.7. The first-order valence-corrected chi connectivity index (χ1v) is 4.64. The molecule has 0 unspecified atom stereocenters. The zero-order chi connectivity index (χ0) is 10.1. The van der Waals surface area contributed by atoms with E-state index in [1.165, 1.54) is 5.56 Å². The van der Waals surface area contributed by atoms with Gasteiger partial charge in [0.15, 0.2) is 0 Å². The fraction of sp³-hybridized carbons (Fsp3) is 0.400. The first-order valence-electron chi connectivity index (χ1n) is 4.64. The Kier molecular flexibility index (Phi) is 2.21. The van der Waals surface area contributed by atoms with Crippen LogP contribution in [0.15, 0.2) is 17.3 Å². The maximum Gasteiger partial charge on any atom is 0.135 e. The van der Waals surface area contributed by atoms with Crippen LogP contribution in [-0.4, -0.2) is 18.5 Å². The molecule has 0 bridgehead atoms. The van der Waals surface area contributed by atoms with Gasteiger partial charge in [-0.15, -0.1) is 4.91 Å². The van der Waals surface area contributed by atoms with Crippen molar-refractivity contribution >= 4 is 11.4 Å². The summed E-state index contributed by atoms with van der Waals surface area (Å²) in [5, 5.41) is 3.02. The van der Waals surface area contributed by atoms with E-state index in [4.69, 9.17) is 5.73 Å². The molecule has 4 heteroatoms. The van der Waals surface area contributed by atoms with E-state index in [9.17, 15) is 4.91 Å². The third kappa shape index (κ3) is 1.37. The van der Waals surface area contributed by atoms with Gasteiger partial charge in [0.2, 0.25) is 0 Å². The predicted octanol–water partition coefficient (Wildman–Crippen LogP) is 1.65. The van der Waals surface area contributed by atoms with Crippen LogP contribution in [0.1, 0.15) is 11.1 Å². The summed E-state index contributed by atoms with van der Waals surface area (Å²) in [6.45, 7) is 1.79. The lowest BCUT2D eigenvalue weighted by molar-refractivity contribution is 0.313. The van der Waals surface area contributed by atoms with Gasteiger partial charge in [0.05, 0.1) is 5.69 Å². The Morgan fingerprint density at radius 1 is 1.50 bits per heavy atom. The lowest BCUT2D eigenvalue weighted by Crippen LogP contribution is -2.26. The Hall–Kier alpha value is -1.42. The summed E-state index contributed by atoms with van der Waals surface area (Å²) >= 11 is 0. The maximum atomic E-state index is 10.7. The quantitative estimate of drug-likeness (QED) is 0.542. The highest BCUT2D eigenvalue weighted by atomic mass is 16.3. The second kappa shape index (κ2) is 3.38. The summed E-state index contributed by atoms with van der Waals surface area (Å²) in [5.74, 6) is 0. The van der Waals surface area contributed by atoms with Gasteiger partial charge in [-0.05, 0) is 30.3 Å². The lowest BCUT2D eigenvalue weighted by atomic mass is 9.97. The largest absolute Gasteiger partial charge is 0.397 e. The van der Waals surface area contributed by atoms with Crippen LogP contribution in [0.3, 0.4) is 0 Å². The van der Waals surface area contributed by atoms with E-state index in [-0.39, 0.29) is 0 Å². The summed E-state index contributed by atoms with van der Waals surface area (Å²) in [4.78, 5) is 12.8. The molecule has 2 N–H and O–H groups in total. The molecule has 1 aliphatic heterocycles. The van der Waals surface area contributed by atoms with Gasteiger partial charge in [-0.1, -0.05) is 6.07 Å². The van der Waals surface area contributed by atoms with Crippen LogP contribution in [0.5, 0.6) is 0 Å². The first-order chi connectivity index (χ1) is 6.72. The molecule has 0 saturated heterocycles. The molecular weight excluding hydrogens is 178 g/mol. The number of likely N-dealkylation sites (N-methyl/N-ethyl adjacent to an activating group) is 1. The average Bonchev–Trinajstić information content (AvgIpc) is 2.17. The molecular formula is C10H13N3O. The monoisotopic (exact) mass is 191 g/mol. The summed E-state index contributed by atoms with van der Waals surface area (Å²) in [5.41, 5.74) is 8.79. The van der Waals surface area contributed by atoms with Crippen molar-refractivity contribution in [3.63, 3.8) is 0 Å². The number of hydrogen-bond acceptors (Lipinski definition) is 4. The van der Waals surface area contributed by atoms with Crippen molar-refractivity contribution in [3.8, 4) is 0 Å². The van der Waals surface area contributed by atoms with Gasteiger partial charge in [0.25, 0.3) is 0 Å². The summed E-state index contributed by atoms with van der Waals surface area (Å²) in [6.07, 6.45) is 0.967. The Morgan fingerprint density at radius 2 is 2.29 bits per heavy atom. The molecule has 0 aliphatic carbocycles. The summed E-state index contributed by atoms with van der Waals surface area (Å²) in [6, 6.07) is 3.76. The Bertz CT molecular complexity index is 376. The van der Waals surface area contributed by atoms with Crippen LogP contribution in [0.4, 0.5) is 11.4 Å². The van der Waals surface area contributed by atoms with Crippen molar-refractivity contribution < 1.29 is 0 Å². The van der Waals surface area contributed by atoms with Crippen molar-refractivity contribution in [3.05, 3.63) is 28.2 Å². The van der Waals surface area contributed by atoms with Crippen molar-refractivity contribution in [2.45, 2.75) is 13.0 Å². The molecule has 1 aromatic rings. The minimum Gasteiger partial charge on any atom is -0.397 e. The lowest BCUT2D eigenvalue weighted by Gasteiger charge is -2.25. The first kappa shape index (κ1) is 9.15. The SMILES string of the molecule is CN1CCc2ccc(N)c(N=O)c2C1. The number of nitrogen functional groups attached to an aromatic ring is 1. The predicted molar refractivity (Wildman–Crippen MR) is 56.3 cm³/mol. The second-order valence-electron chi connectivity index (χ2n) is 3.72. The van der Waals surface area contributed by atoms with Crippen LogP contribution >= 0.6 is 0 Å². The van der Waals surface area contributed by atoms with E-state index in [1.54, 1.807) is 6.07 Å². The smallest absolute Gasteiger partial charge is 0.135 e. The van der Waals surface area contributed by atoms with Crippen molar-refractivity contribution in [2.24, 2.45) is 5.18 Å². The summed E-state index contributed by atoms with van der Waals surface area (Å²) < 4.78 is 0. The van der Waals surface area contributed by atoms with E-state index in [1.807, 2.05) is 13.1 Å². The number of fused-ring (bicyclic) bond motifs is 1. The van der Waals surface area contributed by atoms with Crippen molar-refractivity contribution in [1.82, 2.24) is 4.90 Å². The van der Waals surface area contributed by atoms with Gasteiger partial charge < -0.3 is 10.6 Å². The Labute approximate surface area is 82.7 Å². The van der Waals surface area contributed by atoms with Gasteiger partial charge in [-0.25, -0.2) is 0 Å². The molecule has 0 atom stereocenters. The van der Waals surface area contributed by atoms with Gasteiger partial charge in [0.1, 0.15) is 5.69 Å². The van der Waals surface area contributed by atoms with Crippen LogP contribution < -0.4 is 5.73 Å². The molecule has 0 spiro atoms. The zero-order valence-corrected chi connectivity index (χ0v) is 8.16. The van der Waals surface area contributed by atoms with Crippen LogP contribution in [0.2, 0.25) is 0 Å². The van der Waals surface area contributed by atoms with Crippen molar-refractivity contribution in [2.75, 3.05) is 19.3 Å². The molecule has 74 valence electrons. The molecule has 0 saturated carbocycles. The Balaban J connectivity index is 2.54. The zero-order valence-electron chi connectivity index (χ0n) is 8.16. The Morgan fingerprint density at radius 3 is 3.00 bits per heavy atom. The summed E-state index contributed by atoms with van der Waals surface area (Å²) in [7, 11) is 2.03. The second-order valence-corrected chi connectivity index (χ2v) is 3.72. The highest BCUT2D eigenvalue weighted by molar-refractivity contribution is 5.68. The standard InChI is InChI=1S/C10H13N3O/c1-13-5-4-7-2-3-9(11)10(12-14)8(7)6-13/h2-3H,4-6,11H2,1H3. The van der Waals surface area contributed by atoms with E-state index in [0.717, 1.165) is 25.1 Å². The van der Waals surface area contributed by atoms with E-state index < -0.39 is 0 Å².